The normalized spacial score (nSPS) is 12.2. The highest BCUT2D eigenvalue weighted by atomic mass is 15.2. The van der Waals surface area contributed by atoms with Crippen LogP contribution in [0.5, 0.6) is 0 Å². The molecular weight excluding hydrogens is 875 g/mol. The zero-order chi connectivity index (χ0) is 48.8. The first-order chi connectivity index (χ1) is 35.0. The van der Waals surface area contributed by atoms with Crippen LogP contribution in [0.3, 0.4) is 0 Å². The maximum Gasteiger partial charge on any atom is 0.165 e. The van der Waals surface area contributed by atoms with Crippen LogP contribution in [-0.2, 0) is 0 Å². The zero-order valence-corrected chi connectivity index (χ0v) is 42.0. The van der Waals surface area contributed by atoms with Crippen molar-refractivity contribution < 1.29 is 0 Å². The second-order valence-corrected chi connectivity index (χ2v) is 20.7. The topological polar surface area (TPSA) is 32.6 Å². The van der Waals surface area contributed by atoms with Gasteiger partial charge in [0, 0.05) is 48.7 Å². The van der Waals surface area contributed by atoms with Crippen LogP contribution < -0.4 is 0 Å². The van der Waals surface area contributed by atoms with Crippen LogP contribution in [0.15, 0.2) is 176 Å². The fourth-order valence-corrected chi connectivity index (χ4v) is 12.1. The van der Waals surface area contributed by atoms with E-state index in [1.807, 2.05) is 0 Å². The lowest BCUT2D eigenvalue weighted by atomic mass is 10.00. The van der Waals surface area contributed by atoms with Gasteiger partial charge in [-0.2, -0.15) is 0 Å². The van der Waals surface area contributed by atoms with Gasteiger partial charge in [0.2, 0.25) is 0 Å². The Morgan fingerprint density at radius 2 is 0.472 bits per heavy atom. The molecule has 0 aliphatic carbocycles. The van der Waals surface area contributed by atoms with Crippen LogP contribution in [0.2, 0.25) is 0 Å². The fourth-order valence-electron chi connectivity index (χ4n) is 12.1. The molecule has 0 saturated carbocycles. The van der Waals surface area contributed by atoms with E-state index >= 15 is 0 Å². The minimum atomic E-state index is 0.849. The van der Waals surface area contributed by atoms with Crippen LogP contribution in [0, 0.1) is 55.4 Å². The van der Waals surface area contributed by atoms with E-state index < -0.39 is 0 Å². The summed E-state index contributed by atoms with van der Waals surface area (Å²) in [6.07, 6.45) is 0. The number of rotatable bonds is 5. The van der Waals surface area contributed by atoms with Gasteiger partial charge in [-0.1, -0.05) is 123 Å². The average Bonchev–Trinajstić information content (AvgIpc) is 4.07. The number of aromatic nitrogens is 5. The molecule has 5 nitrogen and oxygen atoms in total. The monoisotopic (exact) mass is 927 g/mol. The zero-order valence-electron chi connectivity index (χ0n) is 42.0. The minimum Gasteiger partial charge on any atom is -0.305 e. The average molecular weight is 928 g/mol. The van der Waals surface area contributed by atoms with Crippen molar-refractivity contribution in [2.24, 2.45) is 0 Å². The maximum absolute atomic E-state index is 6.43. The Bertz CT molecular complexity index is 4130. The number of nitrogens with zero attached hydrogens (tertiary/aromatic N) is 5. The number of pyridine rings is 1. The van der Waals surface area contributed by atoms with Gasteiger partial charge in [-0.15, -0.1) is 0 Å². The van der Waals surface area contributed by atoms with Gasteiger partial charge in [0.05, 0.1) is 44.1 Å². The largest absolute Gasteiger partial charge is 0.305 e. The lowest BCUT2D eigenvalue weighted by Gasteiger charge is -2.27. The lowest BCUT2D eigenvalue weighted by molar-refractivity contribution is 0.960. The van der Waals surface area contributed by atoms with Gasteiger partial charge in [0.15, 0.2) is 11.6 Å². The summed E-state index contributed by atoms with van der Waals surface area (Å²) in [6, 6.07) is 66.6. The fraction of sp³-hybridized carbons (Fsp3) is 0.119. The van der Waals surface area contributed by atoms with Gasteiger partial charge in [-0.25, -0.2) is 4.98 Å². The molecule has 5 heteroatoms. The Morgan fingerprint density at radius 1 is 0.250 bits per heavy atom. The Hall–Kier alpha value is -8.67. The molecule has 346 valence electrons. The van der Waals surface area contributed by atoms with Crippen LogP contribution in [0.4, 0.5) is 0 Å². The molecule has 5 heterocycles. The van der Waals surface area contributed by atoms with E-state index in [0.717, 1.165) is 78.3 Å². The first-order valence-electron chi connectivity index (χ1n) is 25.2. The number of hydrogen-bond acceptors (Lipinski definition) is 1. The molecule has 0 N–H and O–H groups in total. The predicted molar refractivity (Wildman–Crippen MR) is 305 cm³/mol. The van der Waals surface area contributed by atoms with Crippen LogP contribution in [-0.4, -0.2) is 23.3 Å². The summed E-state index contributed by atoms with van der Waals surface area (Å²) in [7, 11) is 0. The molecule has 0 unspecified atom stereocenters. The summed E-state index contributed by atoms with van der Waals surface area (Å²) in [5, 5.41) is 9.69. The Kier molecular flexibility index (Phi) is 9.04. The third-order valence-corrected chi connectivity index (χ3v) is 15.3. The van der Waals surface area contributed by atoms with E-state index in [0.29, 0.717) is 0 Å². The number of aryl methyl sites for hydroxylation is 8. The first kappa shape index (κ1) is 42.2. The van der Waals surface area contributed by atoms with E-state index in [-0.39, 0.29) is 0 Å². The van der Waals surface area contributed by atoms with Crippen molar-refractivity contribution in [2.45, 2.75) is 55.4 Å². The van der Waals surface area contributed by atoms with Crippen LogP contribution >= 0.6 is 0 Å². The van der Waals surface area contributed by atoms with Crippen molar-refractivity contribution in [2.75, 3.05) is 0 Å². The van der Waals surface area contributed by atoms with E-state index in [1.165, 1.54) is 87.6 Å². The van der Waals surface area contributed by atoms with Crippen molar-refractivity contribution >= 4 is 87.2 Å². The predicted octanol–water partition coefficient (Wildman–Crippen LogP) is 17.6. The molecule has 0 bridgehead atoms. The summed E-state index contributed by atoms with van der Waals surface area (Å²) in [4.78, 5) is 6.43. The molecule has 0 spiro atoms. The van der Waals surface area contributed by atoms with Gasteiger partial charge in [-0.3, -0.25) is 9.13 Å². The van der Waals surface area contributed by atoms with Gasteiger partial charge >= 0.3 is 0 Å². The molecule has 0 fully saturated rings. The Morgan fingerprint density at radius 3 is 0.708 bits per heavy atom. The highest BCUT2D eigenvalue weighted by Crippen LogP contribution is 2.49. The minimum absolute atomic E-state index is 0.849. The van der Waals surface area contributed by atoms with Crippen molar-refractivity contribution in [3.05, 3.63) is 220 Å². The third kappa shape index (κ3) is 6.10. The van der Waals surface area contributed by atoms with Gasteiger partial charge in [-0.05, 0) is 158 Å². The molecule has 0 radical (unpaired) electrons. The maximum atomic E-state index is 6.43. The first-order valence-corrected chi connectivity index (χ1v) is 25.2. The summed E-state index contributed by atoms with van der Waals surface area (Å²) in [5.74, 6) is 1.70. The highest BCUT2D eigenvalue weighted by molar-refractivity contribution is 6.16. The molecule has 14 rings (SSSR count). The van der Waals surface area contributed by atoms with Gasteiger partial charge < -0.3 is 9.13 Å². The van der Waals surface area contributed by atoms with Crippen molar-refractivity contribution in [1.29, 1.82) is 0 Å². The highest BCUT2D eigenvalue weighted by Gasteiger charge is 2.32. The number of benzene rings is 9. The third-order valence-electron chi connectivity index (χ3n) is 15.3. The smallest absolute Gasteiger partial charge is 0.165 e. The second-order valence-electron chi connectivity index (χ2n) is 20.7. The quantitative estimate of drug-likeness (QED) is 0.169. The molecule has 9 aromatic carbocycles. The van der Waals surface area contributed by atoms with E-state index in [4.69, 9.17) is 4.98 Å². The molecule has 0 aliphatic rings. The standard InChI is InChI=1S/C67H53N5/c1-38-14-22-55-47(30-38)48-31-39(2)15-23-56(48)69(55)64-63(46-12-10-9-11-13-46)65(70-57-24-16-40(3)32-49(57)50-33-41(4)17-25-58(50)70)67(72-61-28-20-44(7)36-53(61)54-37-45(8)21-29-62(54)72)68-66(64)71-59-26-18-42(5)34-51(59)52-35-43(6)19-27-60(52)71/h9-37H,1-8H3. The molecule has 72 heavy (non-hydrogen) atoms. The molecule has 0 atom stereocenters. The van der Waals surface area contributed by atoms with Crippen molar-refractivity contribution in [3.8, 4) is 34.1 Å². The summed E-state index contributed by atoms with van der Waals surface area (Å²) < 4.78 is 10.0. The summed E-state index contributed by atoms with van der Waals surface area (Å²) >= 11 is 0. The molecule has 0 aliphatic heterocycles. The Labute approximate surface area is 418 Å². The summed E-state index contributed by atoms with van der Waals surface area (Å²) in [5.41, 5.74) is 22.9. The van der Waals surface area contributed by atoms with E-state index in [2.05, 4.69) is 250 Å². The Balaban J connectivity index is 1.33. The second kappa shape index (κ2) is 15.4. The van der Waals surface area contributed by atoms with Gasteiger partial charge in [0.25, 0.3) is 0 Å². The SMILES string of the molecule is Cc1ccc2c(c1)c1cc(C)ccc1n2-c1nc(-n2c3ccc(C)cc3c3cc(C)ccc32)c(-n2c3ccc(C)cc3c3cc(C)ccc32)c(-c2ccccc2)c1-n1c2ccc(C)cc2c2cc(C)ccc21. The van der Waals surface area contributed by atoms with E-state index in [9.17, 15) is 0 Å². The molecular formula is C67H53N5. The number of fused-ring (bicyclic) bond motifs is 12. The summed E-state index contributed by atoms with van der Waals surface area (Å²) in [6.45, 7) is 17.6. The molecule has 14 aromatic rings. The molecule has 5 aromatic heterocycles. The van der Waals surface area contributed by atoms with E-state index in [1.54, 1.807) is 0 Å². The van der Waals surface area contributed by atoms with Crippen molar-refractivity contribution in [1.82, 2.24) is 23.3 Å². The number of hydrogen-bond donors (Lipinski definition) is 0. The molecule has 0 saturated heterocycles. The lowest BCUT2D eigenvalue weighted by Crippen LogP contribution is -2.16. The van der Waals surface area contributed by atoms with Crippen LogP contribution in [0.25, 0.3) is 121 Å². The van der Waals surface area contributed by atoms with Crippen LogP contribution in [0.1, 0.15) is 44.5 Å². The molecule has 0 amide bonds. The van der Waals surface area contributed by atoms with Crippen molar-refractivity contribution in [3.63, 3.8) is 0 Å². The van der Waals surface area contributed by atoms with Gasteiger partial charge in [0.1, 0.15) is 11.4 Å².